The molecule has 1 atom stereocenters. The van der Waals surface area contributed by atoms with E-state index in [1.54, 1.807) is 18.6 Å². The fourth-order valence-corrected chi connectivity index (χ4v) is 4.45. The van der Waals surface area contributed by atoms with Crippen molar-refractivity contribution in [2.45, 2.75) is 25.7 Å². The molecule has 4 heterocycles. The summed E-state index contributed by atoms with van der Waals surface area (Å²) < 4.78 is 0. The Labute approximate surface area is 193 Å². The van der Waals surface area contributed by atoms with E-state index in [2.05, 4.69) is 15.0 Å². The largest absolute Gasteiger partial charge is 0.338 e. The molecule has 0 aliphatic carbocycles. The average molecular weight is 436 g/mol. The number of likely N-dealkylation sites (tertiary alicyclic amines) is 1. The highest BCUT2D eigenvalue weighted by atomic mass is 16.2. The van der Waals surface area contributed by atoms with Gasteiger partial charge >= 0.3 is 0 Å². The Kier molecular flexibility index (Phi) is 5.89. The van der Waals surface area contributed by atoms with Gasteiger partial charge in [-0.2, -0.15) is 0 Å². The van der Waals surface area contributed by atoms with Gasteiger partial charge < -0.3 is 4.90 Å². The first-order chi connectivity index (χ1) is 16.2. The average Bonchev–Trinajstić information content (AvgIpc) is 2.89. The van der Waals surface area contributed by atoms with Crippen molar-refractivity contribution in [3.63, 3.8) is 0 Å². The Morgan fingerprint density at radius 2 is 1.79 bits per heavy atom. The van der Waals surface area contributed by atoms with Crippen LogP contribution in [0.3, 0.4) is 0 Å². The number of amides is 1. The maximum Gasteiger partial charge on any atom is 0.254 e. The van der Waals surface area contributed by atoms with Crippen molar-refractivity contribution in [1.29, 1.82) is 0 Å². The molecule has 1 aliphatic heterocycles. The molecule has 1 aromatic carbocycles. The molecular weight excluding hydrogens is 410 g/mol. The Morgan fingerprint density at radius 1 is 0.970 bits per heavy atom. The first-order valence-electron chi connectivity index (χ1n) is 11.2. The lowest BCUT2D eigenvalue weighted by atomic mass is 9.89. The van der Waals surface area contributed by atoms with Crippen LogP contribution in [0, 0.1) is 6.92 Å². The molecular formula is C27H25N5O. The molecule has 0 radical (unpaired) electrons. The number of carbonyl (C=O) groups is 1. The lowest BCUT2D eigenvalue weighted by Crippen LogP contribution is -2.39. The van der Waals surface area contributed by atoms with Crippen LogP contribution >= 0.6 is 0 Å². The van der Waals surface area contributed by atoms with Gasteiger partial charge in [0.2, 0.25) is 0 Å². The molecule has 164 valence electrons. The van der Waals surface area contributed by atoms with Gasteiger partial charge in [-0.25, -0.2) is 9.97 Å². The summed E-state index contributed by atoms with van der Waals surface area (Å²) >= 11 is 0. The van der Waals surface area contributed by atoms with Crippen LogP contribution in [-0.4, -0.2) is 43.8 Å². The predicted molar refractivity (Wildman–Crippen MR) is 128 cm³/mol. The molecule has 0 saturated carbocycles. The molecule has 1 unspecified atom stereocenters. The Bertz CT molecular complexity index is 1260. The van der Waals surface area contributed by atoms with Gasteiger partial charge in [0, 0.05) is 54.9 Å². The molecule has 4 aromatic rings. The minimum atomic E-state index is 0.0854. The van der Waals surface area contributed by atoms with Crippen LogP contribution in [0.15, 0.2) is 79.4 Å². The number of pyridine rings is 2. The van der Waals surface area contributed by atoms with E-state index in [0.717, 1.165) is 53.0 Å². The Hall–Kier alpha value is -3.93. The van der Waals surface area contributed by atoms with Crippen LogP contribution in [0.25, 0.3) is 22.6 Å². The zero-order chi connectivity index (χ0) is 22.6. The summed E-state index contributed by atoms with van der Waals surface area (Å²) in [6, 6.07) is 17.5. The van der Waals surface area contributed by atoms with Crippen molar-refractivity contribution in [3.8, 4) is 22.6 Å². The monoisotopic (exact) mass is 435 g/mol. The lowest BCUT2D eigenvalue weighted by molar-refractivity contribution is 0.0705. The number of nitrogens with zero attached hydrogens (tertiary/aromatic N) is 5. The number of rotatable bonds is 4. The third-order valence-electron chi connectivity index (χ3n) is 6.17. The molecule has 1 saturated heterocycles. The first kappa shape index (κ1) is 20.9. The molecule has 0 spiro atoms. The highest BCUT2D eigenvalue weighted by Crippen LogP contribution is 2.34. The van der Waals surface area contributed by atoms with E-state index in [1.807, 2.05) is 72.6 Å². The summed E-state index contributed by atoms with van der Waals surface area (Å²) in [5.41, 5.74) is 5.47. The molecule has 1 amide bonds. The van der Waals surface area contributed by atoms with Crippen molar-refractivity contribution < 1.29 is 4.79 Å². The second-order valence-corrected chi connectivity index (χ2v) is 8.35. The third kappa shape index (κ3) is 4.37. The minimum Gasteiger partial charge on any atom is -0.338 e. The standard InChI is InChI=1S/C27H25N5O/c1-19-7-2-3-9-22(19)27(33)32-16-6-8-21(18-32)25-23(20-11-14-28-15-12-20)17-30-26(31-25)24-10-4-5-13-29-24/h2-5,7,9-15,17,21H,6,8,16,18H2,1H3. The van der Waals surface area contributed by atoms with Crippen molar-refractivity contribution in [2.75, 3.05) is 13.1 Å². The molecule has 5 rings (SSSR count). The van der Waals surface area contributed by atoms with Gasteiger partial charge in [-0.15, -0.1) is 0 Å². The zero-order valence-electron chi connectivity index (χ0n) is 18.6. The zero-order valence-corrected chi connectivity index (χ0v) is 18.6. The number of aryl methyl sites for hydroxylation is 1. The maximum atomic E-state index is 13.3. The highest BCUT2D eigenvalue weighted by molar-refractivity contribution is 5.95. The van der Waals surface area contributed by atoms with E-state index in [1.165, 1.54) is 0 Å². The van der Waals surface area contributed by atoms with E-state index in [0.29, 0.717) is 12.4 Å². The molecule has 3 aromatic heterocycles. The van der Waals surface area contributed by atoms with Gasteiger partial charge in [0.05, 0.1) is 5.69 Å². The molecule has 0 bridgehead atoms. The summed E-state index contributed by atoms with van der Waals surface area (Å²) in [6.07, 6.45) is 9.08. The quantitative estimate of drug-likeness (QED) is 0.455. The summed E-state index contributed by atoms with van der Waals surface area (Å²) in [5, 5.41) is 0. The van der Waals surface area contributed by atoms with Gasteiger partial charge in [-0.1, -0.05) is 24.3 Å². The molecule has 6 nitrogen and oxygen atoms in total. The van der Waals surface area contributed by atoms with Gasteiger partial charge in [0.1, 0.15) is 5.69 Å². The van der Waals surface area contributed by atoms with E-state index in [9.17, 15) is 4.79 Å². The van der Waals surface area contributed by atoms with Gasteiger partial charge in [-0.05, 0) is 61.2 Å². The fraction of sp³-hybridized carbons (Fsp3) is 0.222. The van der Waals surface area contributed by atoms with Crippen molar-refractivity contribution in [1.82, 2.24) is 24.8 Å². The topological polar surface area (TPSA) is 71.9 Å². The minimum absolute atomic E-state index is 0.0854. The number of hydrogen-bond acceptors (Lipinski definition) is 5. The van der Waals surface area contributed by atoms with Crippen molar-refractivity contribution >= 4 is 5.91 Å². The van der Waals surface area contributed by atoms with Gasteiger partial charge in [-0.3, -0.25) is 14.8 Å². The SMILES string of the molecule is Cc1ccccc1C(=O)N1CCCC(c2nc(-c3ccccn3)ncc2-c2ccncc2)C1. The van der Waals surface area contributed by atoms with E-state index >= 15 is 0 Å². The fourth-order valence-electron chi connectivity index (χ4n) is 4.45. The lowest BCUT2D eigenvalue weighted by Gasteiger charge is -2.33. The van der Waals surface area contributed by atoms with Crippen LogP contribution in [0.2, 0.25) is 0 Å². The number of carbonyl (C=O) groups excluding carboxylic acids is 1. The van der Waals surface area contributed by atoms with E-state index in [4.69, 9.17) is 4.98 Å². The first-order valence-corrected chi connectivity index (χ1v) is 11.2. The number of benzene rings is 1. The smallest absolute Gasteiger partial charge is 0.254 e. The van der Waals surface area contributed by atoms with Crippen molar-refractivity contribution in [2.24, 2.45) is 0 Å². The number of piperidine rings is 1. The van der Waals surface area contributed by atoms with Gasteiger partial charge in [0.25, 0.3) is 5.91 Å². The highest BCUT2D eigenvalue weighted by Gasteiger charge is 2.29. The molecule has 0 N–H and O–H groups in total. The number of hydrogen-bond donors (Lipinski definition) is 0. The predicted octanol–water partition coefficient (Wildman–Crippen LogP) is 4.93. The normalized spacial score (nSPS) is 15.9. The van der Waals surface area contributed by atoms with Gasteiger partial charge in [0.15, 0.2) is 5.82 Å². The molecule has 6 heteroatoms. The Balaban J connectivity index is 1.52. The second kappa shape index (κ2) is 9.28. The second-order valence-electron chi connectivity index (χ2n) is 8.35. The summed E-state index contributed by atoms with van der Waals surface area (Å²) in [7, 11) is 0. The van der Waals surface area contributed by atoms with Crippen molar-refractivity contribution in [3.05, 3.63) is 96.2 Å². The van der Waals surface area contributed by atoms with E-state index < -0.39 is 0 Å². The van der Waals surface area contributed by atoms with Crippen LogP contribution in [0.5, 0.6) is 0 Å². The summed E-state index contributed by atoms with van der Waals surface area (Å²) in [6.45, 7) is 3.37. The number of aromatic nitrogens is 4. The maximum absolute atomic E-state index is 13.3. The Morgan fingerprint density at radius 3 is 2.58 bits per heavy atom. The van der Waals surface area contributed by atoms with Crippen LogP contribution in [0.1, 0.15) is 40.4 Å². The molecule has 1 aliphatic rings. The van der Waals surface area contributed by atoms with Crippen LogP contribution in [-0.2, 0) is 0 Å². The summed E-state index contributed by atoms with van der Waals surface area (Å²) in [4.78, 5) is 33.5. The summed E-state index contributed by atoms with van der Waals surface area (Å²) in [5.74, 6) is 0.799. The van der Waals surface area contributed by atoms with Crippen LogP contribution < -0.4 is 0 Å². The molecule has 33 heavy (non-hydrogen) atoms. The third-order valence-corrected chi connectivity index (χ3v) is 6.17. The van der Waals surface area contributed by atoms with Crippen LogP contribution in [0.4, 0.5) is 0 Å². The van der Waals surface area contributed by atoms with E-state index in [-0.39, 0.29) is 11.8 Å². The molecule has 1 fully saturated rings.